The molecule has 0 aromatic heterocycles. The number of Topliss-reactive ketones (excluding diaryl/α,β-unsaturated/α-hetero) is 1. The summed E-state index contributed by atoms with van der Waals surface area (Å²) < 4.78 is 5.27. The van der Waals surface area contributed by atoms with Crippen LogP contribution in [0.1, 0.15) is 142 Å². The second-order valence-corrected chi connectivity index (χ2v) is 9.28. The molecule has 0 radical (unpaired) electrons. The van der Waals surface area contributed by atoms with Crippen molar-refractivity contribution in [1.29, 1.82) is 0 Å². The number of aliphatic hydroxyl groups excluding tert-OH is 2. The Balaban J connectivity index is 3.96. The number of unbranched alkanes of at least 4 members (excludes halogenated alkanes) is 16. The third-order valence-electron chi connectivity index (χ3n) is 6.12. The number of rotatable bonds is 24. The molecule has 5 heteroatoms. The molecule has 0 aliphatic rings. The number of ether oxygens (including phenoxy) is 1. The van der Waals surface area contributed by atoms with Gasteiger partial charge in [0.25, 0.3) is 0 Å². The van der Waals surface area contributed by atoms with Crippen molar-refractivity contribution in [3.8, 4) is 0 Å². The fourth-order valence-electron chi connectivity index (χ4n) is 3.99. The number of carbonyl (C=O) groups excluding carboxylic acids is 2. The fourth-order valence-corrected chi connectivity index (χ4v) is 3.99. The van der Waals surface area contributed by atoms with Gasteiger partial charge in [0.2, 0.25) is 0 Å². The number of ketones is 1. The Labute approximate surface area is 197 Å². The van der Waals surface area contributed by atoms with Crippen LogP contribution in [0.15, 0.2) is 0 Å². The molecule has 0 aromatic carbocycles. The van der Waals surface area contributed by atoms with Gasteiger partial charge < -0.3 is 14.9 Å². The summed E-state index contributed by atoms with van der Waals surface area (Å²) in [4.78, 5) is 24.6. The molecule has 2 unspecified atom stereocenters. The number of hydrogen-bond acceptors (Lipinski definition) is 5. The Hall–Kier alpha value is -0.940. The van der Waals surface area contributed by atoms with Gasteiger partial charge in [0, 0.05) is 12.8 Å². The van der Waals surface area contributed by atoms with E-state index in [1.807, 2.05) is 0 Å². The Morgan fingerprint density at radius 3 is 1.41 bits per heavy atom. The van der Waals surface area contributed by atoms with Crippen molar-refractivity contribution in [3.05, 3.63) is 0 Å². The van der Waals surface area contributed by atoms with E-state index >= 15 is 0 Å². The van der Waals surface area contributed by atoms with Crippen LogP contribution in [0.3, 0.4) is 0 Å². The number of esters is 1. The highest BCUT2D eigenvalue weighted by atomic mass is 16.6. The van der Waals surface area contributed by atoms with Crippen molar-refractivity contribution in [2.75, 3.05) is 6.61 Å². The Bertz CT molecular complexity index is 438. The van der Waals surface area contributed by atoms with Crippen LogP contribution in [0.5, 0.6) is 0 Å². The zero-order valence-electron chi connectivity index (χ0n) is 21.1. The van der Waals surface area contributed by atoms with E-state index in [0.717, 1.165) is 38.5 Å². The summed E-state index contributed by atoms with van der Waals surface area (Å²) in [6.45, 7) is 3.85. The third-order valence-corrected chi connectivity index (χ3v) is 6.12. The van der Waals surface area contributed by atoms with E-state index in [-0.39, 0.29) is 18.6 Å². The first-order valence-corrected chi connectivity index (χ1v) is 13.6. The lowest BCUT2D eigenvalue weighted by molar-refractivity contribution is -0.163. The lowest BCUT2D eigenvalue weighted by Gasteiger charge is -2.20. The maximum Gasteiger partial charge on any atom is 0.306 e. The van der Waals surface area contributed by atoms with Gasteiger partial charge in [-0.3, -0.25) is 9.59 Å². The van der Waals surface area contributed by atoms with Gasteiger partial charge in [-0.1, -0.05) is 117 Å². The van der Waals surface area contributed by atoms with E-state index in [1.165, 1.54) is 77.0 Å². The van der Waals surface area contributed by atoms with Crippen LogP contribution in [0.2, 0.25) is 0 Å². The SMILES string of the molecule is CCCCCCCCCCCC(=O)OC(C(=O)CCCCCCCCCCC)C(O)CO. The summed E-state index contributed by atoms with van der Waals surface area (Å²) in [7, 11) is 0. The van der Waals surface area contributed by atoms with Gasteiger partial charge in [-0.15, -0.1) is 0 Å². The maximum absolute atomic E-state index is 12.5. The molecule has 0 spiro atoms. The topological polar surface area (TPSA) is 83.8 Å². The van der Waals surface area contributed by atoms with E-state index in [2.05, 4.69) is 13.8 Å². The Kier molecular flexibility index (Phi) is 22.5. The number of aliphatic hydroxyl groups is 2. The smallest absolute Gasteiger partial charge is 0.306 e. The molecule has 2 N–H and O–H groups in total. The summed E-state index contributed by atoms with van der Waals surface area (Å²) in [5.74, 6) is -0.735. The zero-order chi connectivity index (χ0) is 23.9. The van der Waals surface area contributed by atoms with Crippen molar-refractivity contribution in [2.45, 2.75) is 154 Å². The fraction of sp³-hybridized carbons (Fsp3) is 0.926. The van der Waals surface area contributed by atoms with Gasteiger partial charge in [0.1, 0.15) is 6.10 Å². The Morgan fingerprint density at radius 2 is 1.00 bits per heavy atom. The molecule has 0 rings (SSSR count). The second-order valence-electron chi connectivity index (χ2n) is 9.28. The van der Waals surface area contributed by atoms with Crippen LogP contribution >= 0.6 is 0 Å². The predicted molar refractivity (Wildman–Crippen MR) is 132 cm³/mol. The largest absolute Gasteiger partial charge is 0.451 e. The van der Waals surface area contributed by atoms with E-state index in [4.69, 9.17) is 4.74 Å². The summed E-state index contributed by atoms with van der Waals surface area (Å²) in [6.07, 6.45) is 18.8. The normalized spacial score (nSPS) is 13.1. The van der Waals surface area contributed by atoms with Crippen LogP contribution < -0.4 is 0 Å². The molecule has 0 aromatic rings. The van der Waals surface area contributed by atoms with Gasteiger partial charge in [-0.2, -0.15) is 0 Å². The molecule has 0 amide bonds. The van der Waals surface area contributed by atoms with Gasteiger partial charge >= 0.3 is 5.97 Å². The molecule has 2 atom stereocenters. The second kappa shape index (κ2) is 23.2. The standard InChI is InChI=1S/C27H52O5/c1-3-5-7-9-11-13-15-17-19-21-24(29)27(25(30)23-28)32-26(31)22-20-18-16-14-12-10-8-6-4-2/h25,27-28,30H,3-23H2,1-2H3. The highest BCUT2D eigenvalue weighted by molar-refractivity contribution is 5.86. The summed E-state index contributed by atoms with van der Waals surface area (Å²) in [5.41, 5.74) is 0. The number of hydrogen-bond donors (Lipinski definition) is 2. The summed E-state index contributed by atoms with van der Waals surface area (Å²) in [5, 5.41) is 19.2. The average Bonchev–Trinajstić information content (AvgIpc) is 2.79. The lowest BCUT2D eigenvalue weighted by atomic mass is 10.0. The van der Waals surface area contributed by atoms with Crippen molar-refractivity contribution < 1.29 is 24.5 Å². The molecular formula is C27H52O5. The highest BCUT2D eigenvalue weighted by Gasteiger charge is 2.29. The highest BCUT2D eigenvalue weighted by Crippen LogP contribution is 2.15. The molecule has 0 aliphatic carbocycles. The van der Waals surface area contributed by atoms with E-state index in [9.17, 15) is 19.8 Å². The van der Waals surface area contributed by atoms with E-state index < -0.39 is 24.8 Å². The van der Waals surface area contributed by atoms with Crippen LogP contribution in [0.25, 0.3) is 0 Å². The number of carbonyl (C=O) groups is 2. The average molecular weight is 457 g/mol. The third kappa shape index (κ3) is 18.6. The van der Waals surface area contributed by atoms with Crippen LogP contribution in [-0.4, -0.2) is 40.8 Å². The van der Waals surface area contributed by atoms with Crippen molar-refractivity contribution in [3.63, 3.8) is 0 Å². The molecular weight excluding hydrogens is 404 g/mol. The molecule has 0 saturated carbocycles. The van der Waals surface area contributed by atoms with Crippen LogP contribution in [-0.2, 0) is 14.3 Å². The predicted octanol–water partition coefficient (Wildman–Crippen LogP) is 6.66. The van der Waals surface area contributed by atoms with Crippen LogP contribution in [0.4, 0.5) is 0 Å². The molecule has 0 fully saturated rings. The van der Waals surface area contributed by atoms with Gasteiger partial charge in [0.15, 0.2) is 11.9 Å². The van der Waals surface area contributed by atoms with E-state index in [0.29, 0.717) is 0 Å². The summed E-state index contributed by atoms with van der Waals surface area (Å²) in [6, 6.07) is 0. The molecule has 0 heterocycles. The zero-order valence-corrected chi connectivity index (χ0v) is 21.1. The minimum Gasteiger partial charge on any atom is -0.451 e. The summed E-state index contributed by atoms with van der Waals surface area (Å²) >= 11 is 0. The molecule has 0 saturated heterocycles. The first kappa shape index (κ1) is 31.1. The Morgan fingerprint density at radius 1 is 0.625 bits per heavy atom. The molecule has 0 bridgehead atoms. The quantitative estimate of drug-likeness (QED) is 0.125. The minimum atomic E-state index is -1.34. The van der Waals surface area contributed by atoms with Gasteiger partial charge in [0.05, 0.1) is 6.61 Å². The lowest BCUT2D eigenvalue weighted by Crippen LogP contribution is -2.40. The van der Waals surface area contributed by atoms with Crippen molar-refractivity contribution in [2.24, 2.45) is 0 Å². The molecule has 5 nitrogen and oxygen atoms in total. The van der Waals surface area contributed by atoms with Gasteiger partial charge in [-0.25, -0.2) is 0 Å². The molecule has 190 valence electrons. The van der Waals surface area contributed by atoms with Gasteiger partial charge in [-0.05, 0) is 12.8 Å². The minimum absolute atomic E-state index is 0.260. The monoisotopic (exact) mass is 456 g/mol. The maximum atomic E-state index is 12.5. The van der Waals surface area contributed by atoms with Crippen molar-refractivity contribution >= 4 is 11.8 Å². The van der Waals surface area contributed by atoms with Crippen LogP contribution in [0, 0.1) is 0 Å². The van der Waals surface area contributed by atoms with Crippen molar-refractivity contribution in [1.82, 2.24) is 0 Å². The van der Waals surface area contributed by atoms with E-state index in [1.54, 1.807) is 0 Å². The molecule has 0 aliphatic heterocycles. The molecule has 32 heavy (non-hydrogen) atoms. The first-order valence-electron chi connectivity index (χ1n) is 13.6. The first-order chi connectivity index (χ1) is 15.6.